The van der Waals surface area contributed by atoms with Gasteiger partial charge in [-0.25, -0.2) is 0 Å². The van der Waals surface area contributed by atoms with Gasteiger partial charge in [0.15, 0.2) is 0 Å². The first kappa shape index (κ1) is 14.7. The number of carbonyl (C=O) groups excluding carboxylic acids is 1. The molecule has 0 aromatic heterocycles. The second-order valence-corrected chi connectivity index (χ2v) is 7.08. The fourth-order valence-corrected chi connectivity index (χ4v) is 4.14. The Kier molecular flexibility index (Phi) is 3.39. The first-order valence-electron chi connectivity index (χ1n) is 8.21. The number of hydrogen-bond acceptors (Lipinski definition) is 3. The van der Waals surface area contributed by atoms with E-state index in [1.807, 2.05) is 41.3 Å². The Hall–Kier alpha value is -1.91. The number of rotatable bonds is 2. The Bertz CT molecular complexity index is 752. The minimum atomic E-state index is 0.0832. The van der Waals surface area contributed by atoms with E-state index in [-0.39, 0.29) is 18.1 Å². The van der Waals surface area contributed by atoms with Gasteiger partial charge in [0.1, 0.15) is 0 Å². The quantitative estimate of drug-likeness (QED) is 0.922. The molecule has 4 heteroatoms. The van der Waals surface area contributed by atoms with E-state index < -0.39 is 0 Å². The maximum Gasteiger partial charge on any atom is 0.254 e. The summed E-state index contributed by atoms with van der Waals surface area (Å²) in [5, 5.41) is 11.6. The summed E-state index contributed by atoms with van der Waals surface area (Å²) in [6.07, 6.45) is 0.988. The number of likely N-dealkylation sites (tertiary alicyclic amines) is 2. The molecule has 2 saturated heterocycles. The molecule has 23 heavy (non-hydrogen) atoms. The number of hydrogen-bond donors (Lipinski definition) is 1. The molecule has 0 radical (unpaired) electrons. The minimum Gasteiger partial charge on any atom is -0.396 e. The van der Waals surface area contributed by atoms with Crippen molar-refractivity contribution in [2.24, 2.45) is 5.92 Å². The van der Waals surface area contributed by atoms with Crippen molar-refractivity contribution in [1.82, 2.24) is 9.80 Å². The van der Waals surface area contributed by atoms with Crippen molar-refractivity contribution in [3.05, 3.63) is 48.0 Å². The summed E-state index contributed by atoms with van der Waals surface area (Å²) in [4.78, 5) is 17.0. The maximum absolute atomic E-state index is 12.7. The molecular weight excluding hydrogens is 288 g/mol. The van der Waals surface area contributed by atoms with Gasteiger partial charge in [0.05, 0.1) is 5.54 Å². The molecule has 1 spiro atoms. The van der Waals surface area contributed by atoms with Crippen LogP contribution in [0.3, 0.4) is 0 Å². The van der Waals surface area contributed by atoms with Crippen molar-refractivity contribution in [3.63, 3.8) is 0 Å². The lowest BCUT2D eigenvalue weighted by atomic mass is 9.84. The molecule has 0 unspecified atom stereocenters. The topological polar surface area (TPSA) is 43.8 Å². The Morgan fingerprint density at radius 1 is 1.22 bits per heavy atom. The average molecular weight is 310 g/mol. The summed E-state index contributed by atoms with van der Waals surface area (Å²) in [5.41, 5.74) is 0.845. The number of aliphatic hydroxyl groups excluding tert-OH is 1. The molecule has 2 heterocycles. The van der Waals surface area contributed by atoms with E-state index in [0.29, 0.717) is 5.92 Å². The van der Waals surface area contributed by atoms with Gasteiger partial charge in [0.25, 0.3) is 5.91 Å². The Morgan fingerprint density at radius 3 is 2.65 bits per heavy atom. The normalized spacial score (nSPS) is 23.4. The summed E-state index contributed by atoms with van der Waals surface area (Å²) < 4.78 is 0. The number of aliphatic hydroxyl groups is 1. The average Bonchev–Trinajstić information content (AvgIpc) is 2.89. The molecule has 0 bridgehead atoms. The lowest BCUT2D eigenvalue weighted by molar-refractivity contribution is -0.00773. The third-order valence-corrected chi connectivity index (χ3v) is 5.52. The molecule has 2 aliphatic rings. The molecular formula is C19H22N2O2. The van der Waals surface area contributed by atoms with Gasteiger partial charge in [-0.15, -0.1) is 0 Å². The van der Waals surface area contributed by atoms with Crippen molar-refractivity contribution in [2.45, 2.75) is 12.0 Å². The number of likely N-dealkylation sites (N-methyl/N-ethyl adjacent to an activating group) is 1. The zero-order valence-electron chi connectivity index (χ0n) is 13.4. The molecule has 2 aliphatic heterocycles. The third-order valence-electron chi connectivity index (χ3n) is 5.52. The van der Waals surface area contributed by atoms with E-state index in [2.05, 4.69) is 18.0 Å². The van der Waals surface area contributed by atoms with Crippen LogP contribution < -0.4 is 0 Å². The van der Waals surface area contributed by atoms with Crippen LogP contribution in [-0.2, 0) is 0 Å². The molecule has 1 N–H and O–H groups in total. The number of fused-ring (bicyclic) bond motifs is 1. The van der Waals surface area contributed by atoms with E-state index in [1.54, 1.807) is 0 Å². The molecule has 4 rings (SSSR count). The van der Waals surface area contributed by atoms with Gasteiger partial charge in [-0.1, -0.05) is 30.3 Å². The largest absolute Gasteiger partial charge is 0.396 e. The fraction of sp³-hybridized carbons (Fsp3) is 0.421. The lowest BCUT2D eigenvalue weighted by Crippen LogP contribution is -2.68. The smallest absolute Gasteiger partial charge is 0.254 e. The van der Waals surface area contributed by atoms with E-state index in [1.165, 1.54) is 0 Å². The molecule has 4 nitrogen and oxygen atoms in total. The van der Waals surface area contributed by atoms with E-state index in [4.69, 9.17) is 0 Å². The maximum atomic E-state index is 12.7. The van der Waals surface area contributed by atoms with E-state index >= 15 is 0 Å². The summed E-state index contributed by atoms with van der Waals surface area (Å²) >= 11 is 0. The van der Waals surface area contributed by atoms with Crippen LogP contribution in [0.1, 0.15) is 16.8 Å². The van der Waals surface area contributed by atoms with Gasteiger partial charge in [-0.3, -0.25) is 9.69 Å². The molecule has 1 amide bonds. The SMILES string of the molecule is CN1C[C@H](CO)CC12CN(C(=O)c1ccc3ccccc3c1)C2. The minimum absolute atomic E-state index is 0.0832. The highest BCUT2D eigenvalue weighted by Gasteiger charge is 2.52. The molecule has 2 fully saturated rings. The first-order valence-corrected chi connectivity index (χ1v) is 8.21. The van der Waals surface area contributed by atoms with Crippen LogP contribution in [0.2, 0.25) is 0 Å². The molecule has 2 aromatic carbocycles. The van der Waals surface area contributed by atoms with Crippen molar-refractivity contribution in [2.75, 3.05) is 33.3 Å². The predicted octanol–water partition coefficient (Wildman–Crippen LogP) is 1.98. The molecule has 2 aromatic rings. The highest BCUT2D eigenvalue weighted by molar-refractivity contribution is 5.99. The van der Waals surface area contributed by atoms with Crippen molar-refractivity contribution >= 4 is 16.7 Å². The number of benzene rings is 2. The van der Waals surface area contributed by atoms with Gasteiger partial charge in [-0.2, -0.15) is 0 Å². The van der Waals surface area contributed by atoms with Crippen LogP contribution in [0.15, 0.2) is 42.5 Å². The number of carbonyl (C=O) groups is 1. The zero-order valence-corrected chi connectivity index (χ0v) is 13.4. The van der Waals surface area contributed by atoms with E-state index in [0.717, 1.165) is 42.4 Å². The number of nitrogens with zero attached hydrogens (tertiary/aromatic N) is 2. The number of amides is 1. The summed E-state index contributed by atoms with van der Waals surface area (Å²) in [6.45, 7) is 2.70. The molecule has 120 valence electrons. The fourth-order valence-electron chi connectivity index (χ4n) is 4.14. The second kappa shape index (κ2) is 5.32. The van der Waals surface area contributed by atoms with Crippen molar-refractivity contribution in [3.8, 4) is 0 Å². The van der Waals surface area contributed by atoms with Gasteiger partial charge < -0.3 is 10.0 Å². The monoisotopic (exact) mass is 310 g/mol. The summed E-state index contributed by atoms with van der Waals surface area (Å²) in [5.74, 6) is 0.458. The Balaban J connectivity index is 1.50. The Morgan fingerprint density at radius 2 is 1.96 bits per heavy atom. The van der Waals surface area contributed by atoms with Crippen LogP contribution in [0.4, 0.5) is 0 Å². The van der Waals surface area contributed by atoms with Crippen LogP contribution in [0, 0.1) is 5.92 Å². The molecule has 1 atom stereocenters. The van der Waals surface area contributed by atoms with Gasteiger partial charge in [0.2, 0.25) is 0 Å². The lowest BCUT2D eigenvalue weighted by Gasteiger charge is -2.52. The standard InChI is InChI=1S/C19H22N2O2/c1-20-10-14(11-22)9-19(20)12-21(13-19)18(23)17-7-6-15-4-2-3-5-16(15)8-17/h2-8,14,22H,9-13H2,1H3/t14-/m1/s1. The van der Waals surface area contributed by atoms with Gasteiger partial charge in [0, 0.05) is 31.8 Å². The predicted molar refractivity (Wildman–Crippen MR) is 90.4 cm³/mol. The summed E-state index contributed by atoms with van der Waals surface area (Å²) in [6, 6.07) is 14.0. The highest BCUT2D eigenvalue weighted by Crippen LogP contribution is 2.39. The highest BCUT2D eigenvalue weighted by atomic mass is 16.3. The molecule has 0 saturated carbocycles. The third kappa shape index (κ3) is 2.33. The first-order chi connectivity index (χ1) is 11.1. The van der Waals surface area contributed by atoms with Crippen LogP contribution in [-0.4, -0.2) is 59.6 Å². The van der Waals surface area contributed by atoms with E-state index in [9.17, 15) is 9.90 Å². The van der Waals surface area contributed by atoms with Crippen LogP contribution >= 0.6 is 0 Å². The van der Waals surface area contributed by atoms with Gasteiger partial charge in [-0.05, 0) is 42.3 Å². The van der Waals surface area contributed by atoms with Crippen molar-refractivity contribution in [1.29, 1.82) is 0 Å². The second-order valence-electron chi connectivity index (χ2n) is 7.08. The van der Waals surface area contributed by atoms with Crippen LogP contribution in [0.5, 0.6) is 0 Å². The summed E-state index contributed by atoms with van der Waals surface area (Å²) in [7, 11) is 2.10. The van der Waals surface area contributed by atoms with Crippen molar-refractivity contribution < 1.29 is 9.90 Å². The Labute approximate surface area is 136 Å². The van der Waals surface area contributed by atoms with Crippen LogP contribution in [0.25, 0.3) is 10.8 Å². The molecule has 0 aliphatic carbocycles. The zero-order chi connectivity index (χ0) is 16.0. The van der Waals surface area contributed by atoms with Gasteiger partial charge >= 0.3 is 0 Å².